The molecule has 1 unspecified atom stereocenters. The molecule has 0 bridgehead atoms. The second-order valence-electron chi connectivity index (χ2n) is 36.6. The summed E-state index contributed by atoms with van der Waals surface area (Å²) in [6, 6.07) is 199. The van der Waals surface area contributed by atoms with E-state index in [2.05, 4.69) is 581 Å². The van der Waals surface area contributed by atoms with Crippen LogP contribution in [0.3, 0.4) is 0 Å². The van der Waals surface area contributed by atoms with Crippen molar-refractivity contribution in [3.05, 3.63) is 618 Å². The van der Waals surface area contributed by atoms with Gasteiger partial charge in [-0.25, -0.2) is 0 Å². The molecule has 0 aliphatic heterocycles. The fourth-order valence-corrected chi connectivity index (χ4v) is 22.5. The van der Waals surface area contributed by atoms with E-state index >= 15 is 0 Å². The lowest BCUT2D eigenvalue weighted by Crippen LogP contribution is -2.28. The van der Waals surface area contributed by atoms with Crippen molar-refractivity contribution in [1.82, 2.24) is 0 Å². The molecule has 3 heteroatoms. The van der Waals surface area contributed by atoms with Crippen molar-refractivity contribution >= 4 is 51.2 Å². The van der Waals surface area contributed by atoms with Crippen LogP contribution in [-0.2, 0) is 21.7 Å². The molecular weight excluding hydrogens is 1640 g/mol. The van der Waals surface area contributed by atoms with Crippen LogP contribution >= 0.6 is 0 Å². The second-order valence-corrected chi connectivity index (χ2v) is 36.6. The van der Waals surface area contributed by atoms with Crippen LogP contribution in [0.25, 0.3) is 77.9 Å². The highest BCUT2D eigenvalue weighted by Crippen LogP contribution is 2.61. The Morgan fingerprint density at radius 1 is 0.132 bits per heavy atom. The summed E-state index contributed by atoms with van der Waals surface area (Å²) in [5.74, 6) is 0. The lowest BCUT2D eigenvalue weighted by molar-refractivity contribution is 0.660. The van der Waals surface area contributed by atoms with Crippen molar-refractivity contribution < 1.29 is 0 Å². The molecule has 25 rings (SSSR count). The van der Waals surface area contributed by atoms with Crippen LogP contribution in [0, 0.1) is 0 Å². The first-order valence-electron chi connectivity index (χ1n) is 47.3. The molecule has 4 aliphatic carbocycles. The molecule has 0 heterocycles. The Kier molecular flexibility index (Phi) is 21.6. The number of fused-ring (bicyclic) bond motifs is 12. The quantitative estimate of drug-likeness (QED) is 0.0900. The normalized spacial score (nSPS) is 14.1. The molecule has 1 atom stereocenters. The summed E-state index contributed by atoms with van der Waals surface area (Å²) < 4.78 is 0. The fourth-order valence-electron chi connectivity index (χ4n) is 22.5. The predicted octanol–water partition coefficient (Wildman–Crippen LogP) is 34.8. The Hall–Kier alpha value is -17.0. The van der Waals surface area contributed by atoms with Gasteiger partial charge in [0.2, 0.25) is 0 Å². The van der Waals surface area contributed by atoms with E-state index in [1.807, 2.05) is 0 Å². The van der Waals surface area contributed by atoms with Crippen LogP contribution in [0.2, 0.25) is 0 Å². The number of nitrogens with zero attached hydrogens (tertiary/aromatic N) is 3. The van der Waals surface area contributed by atoms with Crippen LogP contribution in [0.4, 0.5) is 51.2 Å². The minimum absolute atomic E-state index is 0.111. The highest BCUT2D eigenvalue weighted by molar-refractivity contribution is 5.95. The van der Waals surface area contributed by atoms with Crippen LogP contribution in [-0.4, -0.2) is 0 Å². The molecule has 0 aromatic heterocycles. The molecule has 21 aromatic rings. The first-order chi connectivity index (χ1) is 67.1. The van der Waals surface area contributed by atoms with Gasteiger partial charge in [0.05, 0.1) is 10.8 Å². The van der Waals surface area contributed by atoms with E-state index in [4.69, 9.17) is 0 Å². The molecule has 0 radical (unpaired) electrons. The van der Waals surface area contributed by atoms with E-state index in [-0.39, 0.29) is 10.8 Å². The largest absolute Gasteiger partial charge is 0.310 e. The van der Waals surface area contributed by atoms with Crippen molar-refractivity contribution in [3.8, 4) is 77.9 Å². The molecule has 0 N–H and O–H groups in total. The maximum absolute atomic E-state index is 2.47. The number of hydrogen-bond acceptors (Lipinski definition) is 3. The molecular formula is C133H99N3. The summed E-state index contributed by atoms with van der Waals surface area (Å²) in [5.41, 5.74) is 43.7. The molecule has 0 saturated carbocycles. The van der Waals surface area contributed by atoms with E-state index < -0.39 is 10.8 Å². The average molecular weight is 1740 g/mol. The Morgan fingerprint density at radius 3 is 0.662 bits per heavy atom. The number of hydrogen-bond donors (Lipinski definition) is 0. The number of rotatable bonds is 17. The third kappa shape index (κ3) is 14.4. The van der Waals surface area contributed by atoms with Gasteiger partial charge in [0, 0.05) is 62.0 Å². The number of anilines is 9. The van der Waals surface area contributed by atoms with Crippen LogP contribution < -0.4 is 14.7 Å². The van der Waals surface area contributed by atoms with E-state index in [1.165, 1.54) is 156 Å². The van der Waals surface area contributed by atoms with Crippen LogP contribution in [0.5, 0.6) is 0 Å². The summed E-state index contributed by atoms with van der Waals surface area (Å²) in [4.78, 5) is 7.19. The Balaban J connectivity index is 0.000000118. The van der Waals surface area contributed by atoms with E-state index in [0.717, 1.165) is 45.5 Å². The van der Waals surface area contributed by atoms with Crippen LogP contribution in [0.1, 0.15) is 93.1 Å². The maximum Gasteiger partial charge on any atom is 0.0714 e. The van der Waals surface area contributed by atoms with E-state index in [0.29, 0.717) is 0 Å². The van der Waals surface area contributed by atoms with Gasteiger partial charge in [-0.2, -0.15) is 0 Å². The molecule has 0 fully saturated rings. The lowest BCUT2D eigenvalue weighted by atomic mass is 9.67. The third-order valence-corrected chi connectivity index (χ3v) is 28.9. The minimum atomic E-state index is -0.477. The predicted molar refractivity (Wildman–Crippen MR) is 569 cm³/mol. The van der Waals surface area contributed by atoms with Crippen molar-refractivity contribution in [2.45, 2.75) is 42.4 Å². The summed E-state index contributed by atoms with van der Waals surface area (Å²) in [5, 5.41) is 0. The fraction of sp³-hybridized carbons (Fsp3) is 0.0526. The molecule has 646 valence electrons. The smallest absolute Gasteiger partial charge is 0.0714 e. The first-order valence-corrected chi connectivity index (χ1v) is 47.3. The summed E-state index contributed by atoms with van der Waals surface area (Å²) in [7, 11) is 0. The maximum atomic E-state index is 2.47. The zero-order valence-corrected chi connectivity index (χ0v) is 76.3. The highest BCUT2D eigenvalue weighted by Gasteiger charge is 2.49. The van der Waals surface area contributed by atoms with E-state index in [9.17, 15) is 0 Å². The zero-order chi connectivity index (χ0) is 91.2. The van der Waals surface area contributed by atoms with Crippen molar-refractivity contribution in [3.63, 3.8) is 0 Å². The summed E-state index contributed by atoms with van der Waals surface area (Å²) in [6.45, 7) is 7.09. The molecule has 0 amide bonds. The van der Waals surface area contributed by atoms with Gasteiger partial charge >= 0.3 is 0 Å². The van der Waals surface area contributed by atoms with Gasteiger partial charge in [-0.3, -0.25) is 0 Å². The molecule has 3 nitrogen and oxygen atoms in total. The van der Waals surface area contributed by atoms with Crippen molar-refractivity contribution in [2.75, 3.05) is 14.7 Å². The lowest BCUT2D eigenvalue weighted by Gasteiger charge is -2.35. The summed E-state index contributed by atoms with van der Waals surface area (Å²) >= 11 is 0. The Morgan fingerprint density at radius 2 is 0.331 bits per heavy atom. The van der Waals surface area contributed by atoms with Gasteiger partial charge in [-0.05, 0) is 266 Å². The average Bonchev–Trinajstić information content (AvgIpc) is 1.54. The molecule has 136 heavy (non-hydrogen) atoms. The van der Waals surface area contributed by atoms with Gasteiger partial charge in [-0.1, -0.05) is 451 Å². The SMILES string of the molecule is CC1(C)c2ccccc2-c2ccc(N(c3ccc(-c4ccccc4)cc3)c3ccc4c(c3)C(c3ccccc3)(c3ccccc3)c3ccccc3-4)cc21.CC1(c2ccccc2)c2ccccc2-c2ccc(N(c3ccccc3)c3ccccc3)cc21.c1ccc(-c2ccc(N(c3ccc(-c4ccccc4)cc3)c3ccc4c(c3)C(c3ccccc3)(c3ccccc3)c3ccccc3-4)cc2)cc1. The number of para-hydroxylation sites is 2. The molecule has 4 aliphatic rings. The Labute approximate surface area is 798 Å². The van der Waals surface area contributed by atoms with Gasteiger partial charge in [0.1, 0.15) is 0 Å². The van der Waals surface area contributed by atoms with E-state index in [1.54, 1.807) is 0 Å². The molecule has 0 spiro atoms. The monoisotopic (exact) mass is 1740 g/mol. The first kappa shape index (κ1) is 83.4. The topological polar surface area (TPSA) is 9.72 Å². The highest BCUT2D eigenvalue weighted by atomic mass is 15.2. The van der Waals surface area contributed by atoms with Gasteiger partial charge in [0.25, 0.3) is 0 Å². The van der Waals surface area contributed by atoms with Crippen molar-refractivity contribution in [1.29, 1.82) is 0 Å². The Bertz CT molecular complexity index is 7670. The van der Waals surface area contributed by atoms with Crippen LogP contribution in [0.15, 0.2) is 546 Å². The van der Waals surface area contributed by atoms with Crippen molar-refractivity contribution in [2.24, 2.45) is 0 Å². The summed E-state index contributed by atoms with van der Waals surface area (Å²) in [6.07, 6.45) is 0. The molecule has 21 aromatic carbocycles. The second kappa shape index (κ2) is 35.3. The third-order valence-electron chi connectivity index (χ3n) is 28.9. The zero-order valence-electron chi connectivity index (χ0n) is 76.3. The van der Waals surface area contributed by atoms with Gasteiger partial charge < -0.3 is 14.7 Å². The van der Waals surface area contributed by atoms with Gasteiger partial charge in [-0.15, -0.1) is 0 Å². The van der Waals surface area contributed by atoms with Gasteiger partial charge in [0.15, 0.2) is 0 Å². The standard InChI is InChI=1S/C52H39N.C49H35N.C32H25N/c1-51(2)47-24-14-12-22-43(47)45-32-30-41(34-49(45)51)53(40-28-26-37(27-29-40)36-16-6-3-7-17-36)42-31-33-46-44-23-13-15-25-48(44)52(50(46)35-42,38-18-8-4-9-19-38)39-20-10-5-11-21-39;1-5-15-36(16-6-1)38-25-29-42(30-26-38)50(43-31-27-39(28-32-43)37-17-7-2-8-18-37)44-33-34-46-45-23-13-14-24-47(45)49(48(46)35-44,40-19-9-3-10-20-40)41-21-11-4-12-22-41;1-32(24-13-5-2-6-14-24)30-20-12-11-19-28(30)29-22-21-27(23-31(29)32)33(25-15-7-3-8-16-25)26-17-9-4-10-18-26/h3-35H,1-2H3;1-35H;2-23H,1H3. The number of benzene rings is 21. The minimum Gasteiger partial charge on any atom is -0.310 e. The molecule has 0 saturated heterocycles.